The Morgan fingerprint density at radius 1 is 1.19 bits per heavy atom. The Morgan fingerprint density at radius 2 is 1.97 bits per heavy atom. The lowest BCUT2D eigenvalue weighted by atomic mass is 9.86. The number of aliphatic imine (C=N–C) groups is 1. The van der Waals surface area contributed by atoms with Crippen LogP contribution in [0, 0.1) is 5.92 Å². The molecule has 11 heteroatoms. The van der Waals surface area contributed by atoms with E-state index in [1.807, 2.05) is 0 Å². The van der Waals surface area contributed by atoms with Crippen LogP contribution in [-0.2, 0) is 27.4 Å². The van der Waals surface area contributed by atoms with Crippen molar-refractivity contribution < 1.29 is 34.7 Å². The van der Waals surface area contributed by atoms with Gasteiger partial charge in [0, 0.05) is 25.2 Å². The fourth-order valence-electron chi connectivity index (χ4n) is 4.09. The van der Waals surface area contributed by atoms with Crippen molar-refractivity contribution in [1.82, 2.24) is 15.0 Å². The number of carbonyl (C=O) groups is 1. The van der Waals surface area contributed by atoms with Gasteiger partial charge in [0.2, 0.25) is 5.78 Å². The molecule has 5 atom stereocenters. The van der Waals surface area contributed by atoms with Crippen LogP contribution in [0.15, 0.2) is 23.0 Å². The smallest absolute Gasteiger partial charge is 0.202 e. The maximum atomic E-state index is 12.7. The minimum atomic E-state index is -1.43. The van der Waals surface area contributed by atoms with E-state index >= 15 is 0 Å². The second kappa shape index (κ2) is 10.3. The molecule has 176 valence electrons. The predicted octanol–water partition coefficient (Wildman–Crippen LogP) is -0.875. The Morgan fingerprint density at radius 3 is 2.69 bits per heavy atom. The number of ether oxygens (including phenoxy) is 2. The molecule has 0 spiro atoms. The number of aliphatic hydroxyl groups is 4. The monoisotopic (exact) mass is 450 g/mol. The van der Waals surface area contributed by atoms with E-state index in [0.717, 1.165) is 5.69 Å². The van der Waals surface area contributed by atoms with E-state index in [0.29, 0.717) is 37.0 Å². The summed E-state index contributed by atoms with van der Waals surface area (Å²) in [5.74, 6) is 0.403. The summed E-state index contributed by atoms with van der Waals surface area (Å²) in [5.41, 5.74) is 1.63. The van der Waals surface area contributed by atoms with Crippen LogP contribution in [0.25, 0.3) is 0 Å². The van der Waals surface area contributed by atoms with E-state index in [4.69, 9.17) is 9.47 Å². The minimum Gasteiger partial charge on any atom is -0.394 e. The molecule has 3 heterocycles. The summed E-state index contributed by atoms with van der Waals surface area (Å²) in [6.07, 6.45) is 1.55. The Bertz CT molecular complexity index is 864. The van der Waals surface area contributed by atoms with Crippen molar-refractivity contribution in [2.24, 2.45) is 10.9 Å². The highest BCUT2D eigenvalue weighted by molar-refractivity contribution is 6.02. The molecule has 0 aromatic carbocycles. The summed E-state index contributed by atoms with van der Waals surface area (Å²) in [6.45, 7) is 0.558. The number of aliphatic hydroxyl groups excluding tert-OH is 4. The number of hydrogen-bond donors (Lipinski definition) is 4. The van der Waals surface area contributed by atoms with Crippen molar-refractivity contribution in [2.45, 2.75) is 75.8 Å². The third-order valence-electron chi connectivity index (χ3n) is 6.34. The average molecular weight is 450 g/mol. The lowest BCUT2D eigenvalue weighted by Crippen LogP contribution is -2.58. The van der Waals surface area contributed by atoms with Crippen molar-refractivity contribution >= 4 is 11.5 Å². The first-order valence-corrected chi connectivity index (χ1v) is 11.0. The number of hydrogen-bond acceptors (Lipinski definition) is 10. The molecule has 4 rings (SSSR count). The number of ketones is 1. The van der Waals surface area contributed by atoms with Gasteiger partial charge in [-0.2, -0.15) is 0 Å². The summed E-state index contributed by atoms with van der Waals surface area (Å²) in [7, 11) is 0. The number of carbonyl (C=O) groups excluding carboxylic acids is 1. The van der Waals surface area contributed by atoms with Gasteiger partial charge in [0.1, 0.15) is 36.7 Å². The lowest BCUT2D eigenvalue weighted by molar-refractivity contribution is -0.227. The van der Waals surface area contributed by atoms with Gasteiger partial charge >= 0.3 is 0 Å². The molecule has 0 radical (unpaired) electrons. The first-order valence-electron chi connectivity index (χ1n) is 11.0. The van der Waals surface area contributed by atoms with Gasteiger partial charge in [0.15, 0.2) is 0 Å². The zero-order valence-electron chi connectivity index (χ0n) is 17.8. The second-order valence-electron chi connectivity index (χ2n) is 8.66. The van der Waals surface area contributed by atoms with Crippen LogP contribution in [0.3, 0.4) is 0 Å². The minimum absolute atomic E-state index is 0.00915. The van der Waals surface area contributed by atoms with Crippen molar-refractivity contribution in [3.05, 3.63) is 23.7 Å². The molecule has 0 amide bonds. The van der Waals surface area contributed by atoms with E-state index in [-0.39, 0.29) is 18.7 Å². The van der Waals surface area contributed by atoms with E-state index < -0.39 is 37.1 Å². The zero-order chi connectivity index (χ0) is 22.7. The van der Waals surface area contributed by atoms with Crippen molar-refractivity contribution in [3.63, 3.8) is 0 Å². The third kappa shape index (κ3) is 5.13. The van der Waals surface area contributed by atoms with Crippen molar-refractivity contribution in [2.75, 3.05) is 13.2 Å². The molecular formula is C21H30N4O7. The molecular weight excluding hydrogens is 420 g/mol. The molecule has 2 aliphatic heterocycles. The SMILES string of the molecule is O=C(Cn1nncc1COCC1CCC1)C1=CCC(CC2OC(CO)C(O)C(O)C2O)=N1. The van der Waals surface area contributed by atoms with Gasteiger partial charge in [-0.1, -0.05) is 11.6 Å². The van der Waals surface area contributed by atoms with Crippen LogP contribution in [-0.4, -0.2) is 90.6 Å². The molecule has 3 aliphatic rings. The van der Waals surface area contributed by atoms with Crippen molar-refractivity contribution in [3.8, 4) is 0 Å². The number of rotatable bonds is 10. The molecule has 11 nitrogen and oxygen atoms in total. The predicted molar refractivity (Wildman–Crippen MR) is 111 cm³/mol. The van der Waals surface area contributed by atoms with E-state index in [1.165, 1.54) is 23.9 Å². The summed E-state index contributed by atoms with van der Waals surface area (Å²) in [6, 6.07) is 0. The molecule has 4 N–H and O–H groups in total. The van der Waals surface area contributed by atoms with Crippen LogP contribution in [0.2, 0.25) is 0 Å². The molecule has 1 aliphatic carbocycles. The Labute approximate surface area is 185 Å². The Balaban J connectivity index is 1.30. The van der Waals surface area contributed by atoms with Gasteiger partial charge in [-0.15, -0.1) is 5.10 Å². The first kappa shape index (κ1) is 23.1. The fourth-order valence-corrected chi connectivity index (χ4v) is 4.09. The maximum Gasteiger partial charge on any atom is 0.202 e. The molecule has 32 heavy (non-hydrogen) atoms. The number of aromatic nitrogens is 3. The fraction of sp³-hybridized carbons (Fsp3) is 0.714. The van der Waals surface area contributed by atoms with E-state index in [9.17, 15) is 25.2 Å². The summed E-state index contributed by atoms with van der Waals surface area (Å²) < 4.78 is 12.8. The highest BCUT2D eigenvalue weighted by Crippen LogP contribution is 2.27. The van der Waals surface area contributed by atoms with E-state index in [2.05, 4.69) is 15.3 Å². The summed E-state index contributed by atoms with van der Waals surface area (Å²) >= 11 is 0. The highest BCUT2D eigenvalue weighted by atomic mass is 16.5. The van der Waals surface area contributed by atoms with Gasteiger partial charge in [0.05, 0.1) is 31.2 Å². The summed E-state index contributed by atoms with van der Waals surface area (Å²) in [5, 5.41) is 47.2. The molecule has 2 fully saturated rings. The number of allylic oxidation sites excluding steroid dienone is 2. The molecule has 1 saturated carbocycles. The average Bonchev–Trinajstić information content (AvgIpc) is 3.40. The standard InChI is InChI=1S/C21H30N4O7/c26-9-18-20(29)21(30)19(28)17(32-18)6-13-4-5-15(23-13)16(27)8-25-14(7-22-24-25)11-31-10-12-2-1-3-12/h5,7,12,17-21,26,28-30H,1-4,6,8-11H2. The zero-order valence-corrected chi connectivity index (χ0v) is 17.8. The lowest BCUT2D eigenvalue weighted by Gasteiger charge is -2.40. The van der Waals surface area contributed by atoms with Gasteiger partial charge in [-0.3, -0.25) is 9.79 Å². The van der Waals surface area contributed by atoms with Crippen LogP contribution < -0.4 is 0 Å². The van der Waals surface area contributed by atoms with Crippen molar-refractivity contribution in [1.29, 1.82) is 0 Å². The topological polar surface area (TPSA) is 160 Å². The van der Waals surface area contributed by atoms with Gasteiger partial charge in [-0.05, 0) is 24.8 Å². The van der Waals surface area contributed by atoms with Gasteiger partial charge in [0.25, 0.3) is 0 Å². The van der Waals surface area contributed by atoms with Gasteiger partial charge < -0.3 is 29.9 Å². The Hall–Kier alpha value is -2.02. The van der Waals surface area contributed by atoms with Crippen LogP contribution >= 0.6 is 0 Å². The second-order valence-corrected chi connectivity index (χ2v) is 8.66. The quantitative estimate of drug-likeness (QED) is 0.355. The molecule has 0 bridgehead atoms. The van der Waals surface area contributed by atoms with E-state index in [1.54, 1.807) is 12.3 Å². The number of nitrogens with zero attached hydrogens (tertiary/aromatic N) is 4. The van der Waals surface area contributed by atoms with Crippen LogP contribution in [0.4, 0.5) is 0 Å². The molecule has 1 aromatic heterocycles. The maximum absolute atomic E-state index is 12.7. The molecule has 1 saturated heterocycles. The molecule has 5 unspecified atom stereocenters. The highest BCUT2D eigenvalue weighted by Gasteiger charge is 2.43. The molecule has 1 aromatic rings. The Kier molecular flexibility index (Phi) is 7.44. The normalized spacial score (nSPS) is 30.7. The summed E-state index contributed by atoms with van der Waals surface area (Å²) in [4.78, 5) is 17.1. The number of Topliss-reactive ketones (excluding diaryl/α,β-unsaturated/α-hetero) is 1. The van der Waals surface area contributed by atoms with Crippen LogP contribution in [0.5, 0.6) is 0 Å². The van der Waals surface area contributed by atoms with Crippen LogP contribution in [0.1, 0.15) is 37.8 Å². The van der Waals surface area contributed by atoms with Gasteiger partial charge in [-0.25, -0.2) is 4.68 Å². The largest absolute Gasteiger partial charge is 0.394 e. The first-order chi connectivity index (χ1) is 15.5. The third-order valence-corrected chi connectivity index (χ3v) is 6.34.